The Bertz CT molecular complexity index is 2040. The monoisotopic (exact) mass is 971 g/mol. The first-order valence-corrected chi connectivity index (χ1v) is 26.2. The number of nitrogens with zero attached hydrogens (tertiary/aromatic N) is 3. The number of rotatable bonds is 31. The molecule has 0 saturated heterocycles. The smallest absolute Gasteiger partial charge is 0.412 e. The zero-order valence-corrected chi connectivity index (χ0v) is 42.5. The summed E-state index contributed by atoms with van der Waals surface area (Å²) < 4.78 is 26.3. The number of carbonyl (C=O) groups excluding carboxylic acids is 2. The summed E-state index contributed by atoms with van der Waals surface area (Å²) in [5.74, 6) is -1.99. The maximum Gasteiger partial charge on any atom is 0.412 e. The number of nitrogens with one attached hydrogen (secondary N) is 1. The average Bonchev–Trinajstić information content (AvgIpc) is 3.35. The van der Waals surface area contributed by atoms with Crippen LogP contribution in [-0.4, -0.2) is 108 Å². The van der Waals surface area contributed by atoms with Crippen LogP contribution in [0.1, 0.15) is 164 Å². The molecule has 2 aromatic rings. The summed E-state index contributed by atoms with van der Waals surface area (Å²) in [7, 11) is 0. The van der Waals surface area contributed by atoms with Crippen molar-refractivity contribution < 1.29 is 48.7 Å². The molecule has 0 unspecified atom stereocenters. The van der Waals surface area contributed by atoms with E-state index in [9.17, 15) is 25.4 Å². The topological polar surface area (TPSA) is 192 Å². The summed E-state index contributed by atoms with van der Waals surface area (Å²) in [5, 5.41) is 47.1. The fourth-order valence-electron chi connectivity index (χ4n) is 10.4. The van der Waals surface area contributed by atoms with Gasteiger partial charge < -0.3 is 49.3 Å². The third-order valence-electron chi connectivity index (χ3n) is 13.7. The van der Waals surface area contributed by atoms with Gasteiger partial charge in [0.25, 0.3) is 5.91 Å². The first kappa shape index (κ1) is 56.1. The highest BCUT2D eigenvalue weighted by Crippen LogP contribution is 2.62. The number of hydrogen-bond acceptors (Lipinski definition) is 12. The van der Waals surface area contributed by atoms with E-state index < -0.39 is 29.4 Å². The highest BCUT2D eigenvalue weighted by atomic mass is 16.7. The fourth-order valence-corrected chi connectivity index (χ4v) is 10.4. The number of amides is 2. The molecule has 3 aliphatic rings. The van der Waals surface area contributed by atoms with Gasteiger partial charge in [-0.15, -0.1) is 6.58 Å². The van der Waals surface area contributed by atoms with Gasteiger partial charge in [-0.25, -0.2) is 4.79 Å². The highest BCUT2D eigenvalue weighted by molar-refractivity contribution is 6.03. The van der Waals surface area contributed by atoms with Crippen LogP contribution < -0.4 is 14.8 Å². The second kappa shape index (κ2) is 28.9. The lowest BCUT2D eigenvalue weighted by Gasteiger charge is -2.60. The lowest BCUT2D eigenvalue weighted by Crippen LogP contribution is -2.70. The van der Waals surface area contributed by atoms with Gasteiger partial charge in [-0.2, -0.15) is 5.26 Å². The van der Waals surface area contributed by atoms with Gasteiger partial charge in [-0.1, -0.05) is 94.9 Å². The van der Waals surface area contributed by atoms with Crippen molar-refractivity contribution in [3.05, 3.63) is 83.5 Å². The molecule has 1 fully saturated rings. The minimum absolute atomic E-state index is 0.00173. The van der Waals surface area contributed by atoms with E-state index in [4.69, 9.17) is 28.9 Å². The van der Waals surface area contributed by atoms with Crippen molar-refractivity contribution in [2.24, 2.45) is 22.9 Å². The van der Waals surface area contributed by atoms with Crippen LogP contribution in [0.4, 0.5) is 4.79 Å². The number of nitriles is 1. The molecule has 386 valence electrons. The number of carbonyl (C=O) groups is 2. The van der Waals surface area contributed by atoms with Crippen LogP contribution in [0.3, 0.4) is 0 Å². The van der Waals surface area contributed by atoms with Crippen molar-refractivity contribution in [2.45, 2.75) is 160 Å². The van der Waals surface area contributed by atoms with Crippen molar-refractivity contribution >= 4 is 17.7 Å². The Morgan fingerprint density at radius 2 is 1.60 bits per heavy atom. The molecule has 2 aliphatic carbocycles. The van der Waals surface area contributed by atoms with Crippen LogP contribution in [0.2, 0.25) is 0 Å². The second-order valence-electron chi connectivity index (χ2n) is 20.0. The molecule has 70 heavy (non-hydrogen) atoms. The van der Waals surface area contributed by atoms with E-state index in [0.717, 1.165) is 56.1 Å². The molecule has 6 atom stereocenters. The number of unbranched alkanes of at least 4 members (excludes halogenated alkanes) is 11. The van der Waals surface area contributed by atoms with Gasteiger partial charge in [0.05, 0.1) is 49.7 Å². The van der Waals surface area contributed by atoms with Crippen molar-refractivity contribution in [1.29, 1.82) is 5.26 Å². The standard InChI is InChI=1S/C56H82N4O10/c1-6-8-9-10-11-12-13-14-15-18-29-58-54(65)68-44-27-28-49-47(38-44)51-45(22-17-20-32-62)43(21-16-19-31-61)37-46-48(59-70-55(3,4)5)39-50(56(69-49,52(46)51)67-34-7-2)60(30-35-66-36-33-63)53(64)42-25-23-41(40-57)24-26-42/h7,23-28,37-38,43,45,50-52,61-63H,2,6,8-22,29-36,39H2,1,3-5H3,(H,58,65)/t43-,45+,50-,51+,52+,56+/m0/s1. The first-order valence-electron chi connectivity index (χ1n) is 26.2. The summed E-state index contributed by atoms with van der Waals surface area (Å²) in [5.41, 5.74) is 2.42. The number of benzene rings is 2. The van der Waals surface area contributed by atoms with E-state index in [0.29, 0.717) is 47.7 Å². The normalized spacial score (nSPS) is 21.9. The van der Waals surface area contributed by atoms with E-state index in [1.54, 1.807) is 41.3 Å². The molecule has 14 heteroatoms. The summed E-state index contributed by atoms with van der Waals surface area (Å²) in [6.45, 7) is 12.8. The fraction of sp³-hybridized carbons (Fsp3) is 0.643. The van der Waals surface area contributed by atoms with Crippen LogP contribution in [0.25, 0.3) is 0 Å². The minimum atomic E-state index is -1.54. The maximum absolute atomic E-state index is 15.1. The van der Waals surface area contributed by atoms with Gasteiger partial charge in [0.1, 0.15) is 23.1 Å². The molecule has 1 aliphatic heterocycles. The Hall–Kier alpha value is -4.78. The number of aliphatic hydroxyl groups is 3. The zero-order chi connectivity index (χ0) is 50.4. The molecular weight excluding hydrogens is 889 g/mol. The quantitative estimate of drug-likeness (QED) is 0.0319. The summed E-state index contributed by atoms with van der Waals surface area (Å²) in [6, 6.07) is 13.2. The average molecular weight is 971 g/mol. The number of oxime groups is 1. The van der Waals surface area contributed by atoms with E-state index in [1.165, 1.54) is 44.9 Å². The lowest BCUT2D eigenvalue weighted by molar-refractivity contribution is -0.254. The van der Waals surface area contributed by atoms with Crippen LogP contribution in [0.15, 0.2) is 71.9 Å². The Balaban J connectivity index is 1.61. The molecular formula is C56H82N4O10. The van der Waals surface area contributed by atoms with Crippen LogP contribution >= 0.6 is 0 Å². The predicted molar refractivity (Wildman–Crippen MR) is 272 cm³/mol. The molecule has 2 amide bonds. The Labute approximate surface area is 417 Å². The Kier molecular flexibility index (Phi) is 23.2. The molecule has 5 rings (SSSR count). The van der Waals surface area contributed by atoms with Gasteiger partial charge >= 0.3 is 6.09 Å². The summed E-state index contributed by atoms with van der Waals surface area (Å²) in [6.07, 6.45) is 19.8. The largest absolute Gasteiger partial charge is 0.459 e. The number of hydrogen-bond donors (Lipinski definition) is 4. The van der Waals surface area contributed by atoms with Crippen molar-refractivity contribution in [3.63, 3.8) is 0 Å². The van der Waals surface area contributed by atoms with E-state index in [2.05, 4.69) is 31.0 Å². The van der Waals surface area contributed by atoms with Crippen LogP contribution in [0, 0.1) is 29.1 Å². The molecule has 0 bridgehead atoms. The third-order valence-corrected chi connectivity index (χ3v) is 13.7. The molecule has 2 aromatic carbocycles. The van der Waals surface area contributed by atoms with E-state index in [1.807, 2.05) is 32.9 Å². The van der Waals surface area contributed by atoms with Gasteiger partial charge in [-0.05, 0) is 113 Å². The number of allylic oxidation sites excluding steroid dienone is 1. The summed E-state index contributed by atoms with van der Waals surface area (Å²) in [4.78, 5) is 36.5. The summed E-state index contributed by atoms with van der Waals surface area (Å²) >= 11 is 0. The third kappa shape index (κ3) is 15.6. The van der Waals surface area contributed by atoms with Gasteiger partial charge in [0.2, 0.25) is 5.79 Å². The number of fused-ring (bicyclic) bond motifs is 2. The number of ether oxygens (including phenoxy) is 4. The van der Waals surface area contributed by atoms with E-state index in [-0.39, 0.29) is 76.3 Å². The highest BCUT2D eigenvalue weighted by Gasteiger charge is 2.65. The van der Waals surface area contributed by atoms with Crippen molar-refractivity contribution in [1.82, 2.24) is 10.2 Å². The van der Waals surface area contributed by atoms with Crippen LogP contribution in [-0.2, 0) is 14.3 Å². The zero-order valence-electron chi connectivity index (χ0n) is 42.5. The lowest BCUT2D eigenvalue weighted by atomic mass is 9.55. The number of aliphatic hydroxyl groups excluding tert-OH is 3. The minimum Gasteiger partial charge on any atom is -0.459 e. The Morgan fingerprint density at radius 1 is 0.914 bits per heavy atom. The molecule has 1 saturated carbocycles. The second-order valence-corrected chi connectivity index (χ2v) is 20.0. The van der Waals surface area contributed by atoms with E-state index >= 15 is 4.79 Å². The van der Waals surface area contributed by atoms with Gasteiger partial charge in [0.15, 0.2) is 0 Å². The van der Waals surface area contributed by atoms with Crippen LogP contribution in [0.5, 0.6) is 11.5 Å². The van der Waals surface area contributed by atoms with Crippen molar-refractivity contribution in [3.8, 4) is 17.6 Å². The molecule has 1 heterocycles. The SMILES string of the molecule is C=CCO[C@@]12Oc3ccc(OC(=O)NCCCCCCCCCCCC)cc3[C@H]3[C@H](CCCCO)[C@@H](CCCCO)C=C(C(=NOC(C)(C)C)C[C@@H]1N(CCOCCO)C(=O)c1ccc(C#N)cc1)[C@H]32. The molecule has 0 radical (unpaired) electrons. The van der Waals surface area contributed by atoms with Crippen molar-refractivity contribution in [2.75, 3.05) is 52.7 Å². The van der Waals surface area contributed by atoms with Gasteiger partial charge in [-0.3, -0.25) is 4.79 Å². The Morgan fingerprint density at radius 3 is 2.24 bits per heavy atom. The molecule has 0 aromatic heterocycles. The molecule has 4 N–H and O–H groups in total. The van der Waals surface area contributed by atoms with Gasteiger partial charge in [0, 0.05) is 49.8 Å². The molecule has 0 spiro atoms. The molecule has 14 nitrogen and oxygen atoms in total. The first-order chi connectivity index (χ1) is 33.9. The predicted octanol–water partition coefficient (Wildman–Crippen LogP) is 10.2. The maximum atomic E-state index is 15.1.